The van der Waals surface area contributed by atoms with Crippen LogP contribution in [0.1, 0.15) is 30.5 Å². The summed E-state index contributed by atoms with van der Waals surface area (Å²) in [5.41, 5.74) is 3.00. The minimum absolute atomic E-state index is 0.193. The standard InChI is InChI=1S/C21H25FN2O/c1-3-24(4-2)16-19-10-6-5-9-18(19)15-23-21(25)13-12-17-8-7-11-20(22)14-17/h5-14H,3-4,15-16H2,1-2H3,(H,23,25)/b13-12+. The number of carbonyl (C=O) groups excluding carboxylic acids is 1. The molecule has 0 aliphatic carbocycles. The average Bonchev–Trinajstić information content (AvgIpc) is 2.63. The topological polar surface area (TPSA) is 32.3 Å². The smallest absolute Gasteiger partial charge is 0.244 e. The maximum Gasteiger partial charge on any atom is 0.244 e. The fourth-order valence-corrected chi connectivity index (χ4v) is 2.60. The van der Waals surface area contributed by atoms with Gasteiger partial charge in [0.25, 0.3) is 0 Å². The molecule has 0 spiro atoms. The van der Waals surface area contributed by atoms with Gasteiger partial charge in [-0.3, -0.25) is 9.69 Å². The summed E-state index contributed by atoms with van der Waals surface area (Å²) < 4.78 is 13.1. The highest BCUT2D eigenvalue weighted by atomic mass is 19.1. The molecule has 3 nitrogen and oxygen atoms in total. The molecule has 0 saturated heterocycles. The van der Waals surface area contributed by atoms with Crippen molar-refractivity contribution in [1.29, 1.82) is 0 Å². The highest BCUT2D eigenvalue weighted by Gasteiger charge is 2.06. The third kappa shape index (κ3) is 6.16. The van der Waals surface area contributed by atoms with Gasteiger partial charge in [0.1, 0.15) is 5.82 Å². The largest absolute Gasteiger partial charge is 0.348 e. The number of rotatable bonds is 8. The number of nitrogens with zero attached hydrogens (tertiary/aromatic N) is 1. The van der Waals surface area contributed by atoms with Crippen molar-refractivity contribution in [2.24, 2.45) is 0 Å². The van der Waals surface area contributed by atoms with Crippen LogP contribution in [0.5, 0.6) is 0 Å². The molecule has 132 valence electrons. The number of benzene rings is 2. The molecule has 0 saturated carbocycles. The van der Waals surface area contributed by atoms with E-state index in [-0.39, 0.29) is 11.7 Å². The first-order chi connectivity index (χ1) is 12.1. The van der Waals surface area contributed by atoms with Crippen LogP contribution in [-0.4, -0.2) is 23.9 Å². The van der Waals surface area contributed by atoms with Gasteiger partial charge >= 0.3 is 0 Å². The Bertz CT molecular complexity index is 723. The predicted molar refractivity (Wildman–Crippen MR) is 100 cm³/mol. The normalized spacial score (nSPS) is 11.2. The molecule has 0 atom stereocenters. The van der Waals surface area contributed by atoms with Crippen molar-refractivity contribution >= 4 is 12.0 Å². The van der Waals surface area contributed by atoms with Crippen molar-refractivity contribution in [3.63, 3.8) is 0 Å². The molecule has 0 heterocycles. The zero-order chi connectivity index (χ0) is 18.1. The summed E-state index contributed by atoms with van der Waals surface area (Å²) in [6, 6.07) is 14.3. The van der Waals surface area contributed by atoms with E-state index in [1.807, 2.05) is 18.2 Å². The van der Waals surface area contributed by atoms with Crippen molar-refractivity contribution in [3.05, 3.63) is 77.1 Å². The minimum Gasteiger partial charge on any atom is -0.348 e. The maximum absolute atomic E-state index is 13.1. The van der Waals surface area contributed by atoms with Crippen LogP contribution in [0, 0.1) is 5.82 Å². The first-order valence-corrected chi connectivity index (χ1v) is 8.63. The second kappa shape index (κ2) is 9.74. The van der Waals surface area contributed by atoms with Crippen molar-refractivity contribution < 1.29 is 9.18 Å². The molecule has 1 N–H and O–H groups in total. The van der Waals surface area contributed by atoms with Crippen LogP contribution in [0.2, 0.25) is 0 Å². The van der Waals surface area contributed by atoms with Gasteiger partial charge in [-0.1, -0.05) is 50.2 Å². The molecular weight excluding hydrogens is 315 g/mol. The number of hydrogen-bond donors (Lipinski definition) is 1. The first kappa shape index (κ1) is 18.9. The van der Waals surface area contributed by atoms with Crippen LogP contribution < -0.4 is 5.32 Å². The van der Waals surface area contributed by atoms with Gasteiger partial charge < -0.3 is 5.32 Å². The molecule has 0 aromatic heterocycles. The molecule has 0 bridgehead atoms. The summed E-state index contributed by atoms with van der Waals surface area (Å²) in [7, 11) is 0. The molecule has 0 fully saturated rings. The molecular formula is C21H25FN2O. The molecule has 25 heavy (non-hydrogen) atoms. The van der Waals surface area contributed by atoms with Gasteiger partial charge in [0, 0.05) is 19.2 Å². The van der Waals surface area contributed by atoms with Crippen molar-refractivity contribution in [1.82, 2.24) is 10.2 Å². The number of halogens is 1. The number of hydrogen-bond acceptors (Lipinski definition) is 2. The number of amides is 1. The Morgan fingerprint density at radius 3 is 2.48 bits per heavy atom. The molecule has 4 heteroatoms. The molecule has 0 aliphatic rings. The van der Waals surface area contributed by atoms with Gasteiger partial charge in [0.15, 0.2) is 0 Å². The number of carbonyl (C=O) groups is 1. The molecule has 0 radical (unpaired) electrons. The second-order valence-corrected chi connectivity index (χ2v) is 5.84. The quantitative estimate of drug-likeness (QED) is 0.737. The fraction of sp³-hybridized carbons (Fsp3) is 0.286. The monoisotopic (exact) mass is 340 g/mol. The third-order valence-corrected chi connectivity index (χ3v) is 4.14. The summed E-state index contributed by atoms with van der Waals surface area (Å²) >= 11 is 0. The van der Waals surface area contributed by atoms with E-state index in [0.29, 0.717) is 12.1 Å². The van der Waals surface area contributed by atoms with Crippen LogP contribution in [0.3, 0.4) is 0 Å². The van der Waals surface area contributed by atoms with Crippen molar-refractivity contribution in [2.45, 2.75) is 26.9 Å². The Labute approximate surface area is 149 Å². The van der Waals surface area contributed by atoms with Crippen LogP contribution in [-0.2, 0) is 17.9 Å². The van der Waals surface area contributed by atoms with E-state index in [9.17, 15) is 9.18 Å². The molecule has 2 rings (SSSR count). The molecule has 1 amide bonds. The lowest BCUT2D eigenvalue weighted by molar-refractivity contribution is -0.116. The van der Waals surface area contributed by atoms with E-state index in [2.05, 4.69) is 30.1 Å². The van der Waals surface area contributed by atoms with Crippen LogP contribution in [0.25, 0.3) is 6.08 Å². The summed E-state index contributed by atoms with van der Waals surface area (Å²) in [5.74, 6) is -0.505. The van der Waals surface area contributed by atoms with Gasteiger partial charge in [-0.05, 0) is 48.0 Å². The molecule has 0 aliphatic heterocycles. The summed E-state index contributed by atoms with van der Waals surface area (Å²) in [4.78, 5) is 14.4. The maximum atomic E-state index is 13.1. The van der Waals surface area contributed by atoms with Gasteiger partial charge in [0.2, 0.25) is 5.91 Å². The Morgan fingerprint density at radius 2 is 1.80 bits per heavy atom. The number of nitrogens with one attached hydrogen (secondary N) is 1. The molecule has 2 aromatic carbocycles. The highest BCUT2D eigenvalue weighted by Crippen LogP contribution is 2.12. The average molecular weight is 340 g/mol. The third-order valence-electron chi connectivity index (χ3n) is 4.14. The van der Waals surface area contributed by atoms with E-state index >= 15 is 0 Å². The van der Waals surface area contributed by atoms with Crippen molar-refractivity contribution in [2.75, 3.05) is 13.1 Å². The minimum atomic E-state index is -0.312. The lowest BCUT2D eigenvalue weighted by Gasteiger charge is -2.20. The van der Waals surface area contributed by atoms with E-state index in [0.717, 1.165) is 25.2 Å². The Hall–Kier alpha value is -2.46. The lowest BCUT2D eigenvalue weighted by Crippen LogP contribution is -2.25. The molecule has 2 aromatic rings. The zero-order valence-corrected chi connectivity index (χ0v) is 14.8. The Balaban J connectivity index is 1.95. The molecule has 0 unspecified atom stereocenters. The Morgan fingerprint density at radius 1 is 1.08 bits per heavy atom. The van der Waals surface area contributed by atoms with Gasteiger partial charge in [-0.2, -0.15) is 0 Å². The van der Waals surface area contributed by atoms with Crippen LogP contribution in [0.4, 0.5) is 4.39 Å². The Kier molecular flexibility index (Phi) is 7.36. The van der Waals surface area contributed by atoms with Crippen LogP contribution in [0.15, 0.2) is 54.6 Å². The summed E-state index contributed by atoms with van der Waals surface area (Å²) in [6.45, 7) is 7.62. The SMILES string of the molecule is CCN(CC)Cc1ccccc1CNC(=O)/C=C/c1cccc(F)c1. The summed E-state index contributed by atoms with van der Waals surface area (Å²) in [5, 5.41) is 2.90. The second-order valence-electron chi connectivity index (χ2n) is 5.84. The summed E-state index contributed by atoms with van der Waals surface area (Å²) in [6.07, 6.45) is 3.04. The highest BCUT2D eigenvalue weighted by molar-refractivity contribution is 5.91. The van der Waals surface area contributed by atoms with E-state index < -0.39 is 0 Å². The van der Waals surface area contributed by atoms with Gasteiger partial charge in [-0.25, -0.2) is 4.39 Å². The van der Waals surface area contributed by atoms with Gasteiger partial charge in [-0.15, -0.1) is 0 Å². The fourth-order valence-electron chi connectivity index (χ4n) is 2.60. The van der Waals surface area contributed by atoms with E-state index in [1.54, 1.807) is 18.2 Å². The van der Waals surface area contributed by atoms with Crippen LogP contribution >= 0.6 is 0 Å². The zero-order valence-electron chi connectivity index (χ0n) is 14.8. The van der Waals surface area contributed by atoms with Gasteiger partial charge in [0.05, 0.1) is 0 Å². The lowest BCUT2D eigenvalue weighted by atomic mass is 10.1. The first-order valence-electron chi connectivity index (χ1n) is 8.63. The van der Waals surface area contributed by atoms with E-state index in [4.69, 9.17) is 0 Å². The van der Waals surface area contributed by atoms with E-state index in [1.165, 1.54) is 23.8 Å². The predicted octanol–water partition coefficient (Wildman–Crippen LogP) is 4.00. The van der Waals surface area contributed by atoms with Crippen molar-refractivity contribution in [3.8, 4) is 0 Å².